The normalized spacial score (nSPS) is 10.1. The van der Waals surface area contributed by atoms with E-state index in [1.807, 2.05) is 36.4 Å². The number of fused-ring (bicyclic) bond motifs is 1. The zero-order valence-corrected chi connectivity index (χ0v) is 8.53. The summed E-state index contributed by atoms with van der Waals surface area (Å²) in [7, 11) is 0. The number of nitrogens with two attached hydrogens (primary N) is 1. The Morgan fingerprint density at radius 3 is 2.33 bits per heavy atom. The quantitative estimate of drug-likeness (QED) is 0.726. The van der Waals surface area contributed by atoms with Crippen molar-refractivity contribution in [3.8, 4) is 0 Å². The van der Waals surface area contributed by atoms with Gasteiger partial charge in [-0.1, -0.05) is 43.5 Å². The van der Waals surface area contributed by atoms with E-state index < -0.39 is 0 Å². The summed E-state index contributed by atoms with van der Waals surface area (Å²) in [5.74, 6) is 0. The fourth-order valence-corrected chi connectivity index (χ4v) is 1.81. The Bertz CT molecular complexity index is 538. The standard InChI is InChI=1S/C14H13N/c1-3-10-6-5-7-13-11(4-2)8-12(15)9-14(10)13/h3-9H,1-2,15H2. The Kier molecular flexibility index (Phi) is 2.30. The smallest absolute Gasteiger partial charge is 0.0326 e. The lowest BCUT2D eigenvalue weighted by molar-refractivity contribution is 1.67. The molecular formula is C14H13N. The average Bonchev–Trinajstić information content (AvgIpc) is 2.27. The molecule has 0 amide bonds. The van der Waals surface area contributed by atoms with Gasteiger partial charge in [0, 0.05) is 5.69 Å². The molecule has 0 fully saturated rings. The van der Waals surface area contributed by atoms with Crippen molar-refractivity contribution in [1.82, 2.24) is 0 Å². The SMILES string of the molecule is C=Cc1cc(N)cc2c(C=C)cccc12. The number of rotatable bonds is 2. The van der Waals surface area contributed by atoms with E-state index in [4.69, 9.17) is 5.73 Å². The van der Waals surface area contributed by atoms with Gasteiger partial charge in [-0.2, -0.15) is 0 Å². The molecule has 2 rings (SSSR count). The molecule has 0 aliphatic rings. The fraction of sp³-hybridized carbons (Fsp3) is 0. The first-order valence-electron chi connectivity index (χ1n) is 4.83. The van der Waals surface area contributed by atoms with Gasteiger partial charge in [-0.25, -0.2) is 0 Å². The lowest BCUT2D eigenvalue weighted by Crippen LogP contribution is -1.88. The summed E-state index contributed by atoms with van der Waals surface area (Å²) in [6, 6.07) is 10.0. The molecular weight excluding hydrogens is 182 g/mol. The Hall–Kier alpha value is -2.02. The minimum atomic E-state index is 0.756. The van der Waals surface area contributed by atoms with Gasteiger partial charge in [0.15, 0.2) is 0 Å². The Balaban J connectivity index is 2.94. The molecule has 15 heavy (non-hydrogen) atoms. The summed E-state index contributed by atoms with van der Waals surface area (Å²) >= 11 is 0. The van der Waals surface area contributed by atoms with Crippen LogP contribution in [0.4, 0.5) is 5.69 Å². The van der Waals surface area contributed by atoms with Crippen molar-refractivity contribution in [2.75, 3.05) is 5.73 Å². The molecule has 74 valence electrons. The third-order valence-corrected chi connectivity index (χ3v) is 2.52. The predicted molar refractivity (Wildman–Crippen MR) is 68.5 cm³/mol. The molecule has 0 atom stereocenters. The van der Waals surface area contributed by atoms with Crippen LogP contribution in [0.25, 0.3) is 22.9 Å². The van der Waals surface area contributed by atoms with E-state index in [0.29, 0.717) is 0 Å². The van der Waals surface area contributed by atoms with Gasteiger partial charge in [-0.05, 0) is 34.0 Å². The minimum Gasteiger partial charge on any atom is -0.399 e. The number of anilines is 1. The molecule has 1 nitrogen and oxygen atoms in total. The van der Waals surface area contributed by atoms with Crippen molar-refractivity contribution < 1.29 is 0 Å². The van der Waals surface area contributed by atoms with Crippen molar-refractivity contribution in [3.05, 3.63) is 54.6 Å². The molecule has 1 heteroatoms. The first-order chi connectivity index (χ1) is 7.26. The molecule has 0 radical (unpaired) electrons. The lowest BCUT2D eigenvalue weighted by atomic mass is 9.99. The van der Waals surface area contributed by atoms with Gasteiger partial charge < -0.3 is 5.73 Å². The van der Waals surface area contributed by atoms with Gasteiger partial charge in [-0.15, -0.1) is 0 Å². The summed E-state index contributed by atoms with van der Waals surface area (Å²) in [5, 5.41) is 2.29. The van der Waals surface area contributed by atoms with E-state index in [-0.39, 0.29) is 0 Å². The molecule has 0 aliphatic carbocycles. The second kappa shape index (κ2) is 3.62. The minimum absolute atomic E-state index is 0.756. The largest absolute Gasteiger partial charge is 0.399 e. The number of hydrogen-bond acceptors (Lipinski definition) is 1. The predicted octanol–water partition coefficient (Wildman–Crippen LogP) is 3.71. The van der Waals surface area contributed by atoms with Crippen molar-refractivity contribution in [3.63, 3.8) is 0 Å². The Morgan fingerprint density at radius 1 is 0.933 bits per heavy atom. The van der Waals surface area contributed by atoms with Gasteiger partial charge in [-0.3, -0.25) is 0 Å². The lowest BCUT2D eigenvalue weighted by Gasteiger charge is -2.07. The Morgan fingerprint density at radius 2 is 1.67 bits per heavy atom. The molecule has 0 heterocycles. The molecule has 0 spiro atoms. The van der Waals surface area contributed by atoms with Gasteiger partial charge in [0.05, 0.1) is 0 Å². The van der Waals surface area contributed by atoms with E-state index in [0.717, 1.165) is 27.6 Å². The van der Waals surface area contributed by atoms with Crippen molar-refractivity contribution in [2.45, 2.75) is 0 Å². The van der Waals surface area contributed by atoms with Crippen LogP contribution in [0.2, 0.25) is 0 Å². The molecule has 0 saturated heterocycles. The summed E-state index contributed by atoms with van der Waals surface area (Å²) < 4.78 is 0. The van der Waals surface area contributed by atoms with Crippen molar-refractivity contribution >= 4 is 28.6 Å². The zero-order valence-electron chi connectivity index (χ0n) is 8.53. The van der Waals surface area contributed by atoms with E-state index in [9.17, 15) is 0 Å². The summed E-state index contributed by atoms with van der Waals surface area (Å²) in [4.78, 5) is 0. The third-order valence-electron chi connectivity index (χ3n) is 2.52. The van der Waals surface area contributed by atoms with Crippen molar-refractivity contribution in [1.29, 1.82) is 0 Å². The van der Waals surface area contributed by atoms with E-state index in [1.165, 1.54) is 0 Å². The number of nitrogen functional groups attached to an aromatic ring is 1. The zero-order chi connectivity index (χ0) is 10.8. The first kappa shape index (κ1) is 9.53. The van der Waals surface area contributed by atoms with Crippen LogP contribution in [0.15, 0.2) is 43.5 Å². The van der Waals surface area contributed by atoms with Gasteiger partial charge >= 0.3 is 0 Å². The van der Waals surface area contributed by atoms with E-state index >= 15 is 0 Å². The van der Waals surface area contributed by atoms with Gasteiger partial charge in [0.2, 0.25) is 0 Å². The first-order valence-corrected chi connectivity index (χ1v) is 4.83. The van der Waals surface area contributed by atoms with Crippen LogP contribution in [0, 0.1) is 0 Å². The molecule has 2 aromatic carbocycles. The number of benzene rings is 2. The maximum atomic E-state index is 5.84. The molecule has 0 aromatic heterocycles. The van der Waals surface area contributed by atoms with Gasteiger partial charge in [0.25, 0.3) is 0 Å². The highest BCUT2D eigenvalue weighted by atomic mass is 14.5. The summed E-state index contributed by atoms with van der Waals surface area (Å²) in [6.07, 6.45) is 3.67. The van der Waals surface area contributed by atoms with Crippen LogP contribution in [0.1, 0.15) is 11.1 Å². The topological polar surface area (TPSA) is 26.0 Å². The number of hydrogen-bond donors (Lipinski definition) is 1. The van der Waals surface area contributed by atoms with Crippen LogP contribution in [0.3, 0.4) is 0 Å². The maximum Gasteiger partial charge on any atom is 0.0326 e. The second-order valence-electron chi connectivity index (χ2n) is 3.46. The van der Waals surface area contributed by atoms with E-state index in [1.54, 1.807) is 0 Å². The highest BCUT2D eigenvalue weighted by molar-refractivity contribution is 5.97. The van der Waals surface area contributed by atoms with E-state index in [2.05, 4.69) is 19.2 Å². The molecule has 2 aromatic rings. The highest BCUT2D eigenvalue weighted by Crippen LogP contribution is 2.26. The van der Waals surface area contributed by atoms with Crippen LogP contribution in [0.5, 0.6) is 0 Å². The second-order valence-corrected chi connectivity index (χ2v) is 3.46. The fourth-order valence-electron chi connectivity index (χ4n) is 1.81. The van der Waals surface area contributed by atoms with Crippen LogP contribution in [-0.2, 0) is 0 Å². The third kappa shape index (κ3) is 1.52. The molecule has 2 N–H and O–H groups in total. The summed E-state index contributed by atoms with van der Waals surface area (Å²) in [5.41, 5.74) is 8.76. The summed E-state index contributed by atoms with van der Waals surface area (Å²) in [6.45, 7) is 7.60. The average molecular weight is 195 g/mol. The van der Waals surface area contributed by atoms with Crippen LogP contribution in [-0.4, -0.2) is 0 Å². The van der Waals surface area contributed by atoms with Crippen molar-refractivity contribution in [2.24, 2.45) is 0 Å². The molecule has 0 aliphatic heterocycles. The van der Waals surface area contributed by atoms with Crippen LogP contribution < -0.4 is 5.73 Å². The monoisotopic (exact) mass is 195 g/mol. The molecule has 0 saturated carbocycles. The maximum absolute atomic E-state index is 5.84. The highest BCUT2D eigenvalue weighted by Gasteiger charge is 2.02. The van der Waals surface area contributed by atoms with Crippen LogP contribution >= 0.6 is 0 Å². The molecule has 0 unspecified atom stereocenters. The van der Waals surface area contributed by atoms with Gasteiger partial charge in [0.1, 0.15) is 0 Å². The molecule has 0 bridgehead atoms. The Labute approximate surface area is 89.5 Å².